The SMILES string of the molecule is CC(C)C(CN)c1cncn1CC1CCOC1C. The fourth-order valence-corrected chi connectivity index (χ4v) is 2.80. The molecule has 4 heteroatoms. The quantitative estimate of drug-likeness (QED) is 0.871. The summed E-state index contributed by atoms with van der Waals surface area (Å²) >= 11 is 0. The molecule has 0 bridgehead atoms. The number of rotatable bonds is 5. The Morgan fingerprint density at radius 3 is 2.89 bits per heavy atom. The molecule has 0 saturated carbocycles. The third-order valence-electron chi connectivity index (χ3n) is 4.15. The molecular formula is C14H25N3O. The highest BCUT2D eigenvalue weighted by molar-refractivity contribution is 5.08. The smallest absolute Gasteiger partial charge is 0.0948 e. The average molecular weight is 251 g/mol. The van der Waals surface area contributed by atoms with E-state index in [1.165, 1.54) is 5.69 Å². The van der Waals surface area contributed by atoms with Gasteiger partial charge in [-0.05, 0) is 19.3 Å². The minimum atomic E-state index is 0.357. The van der Waals surface area contributed by atoms with Crippen molar-refractivity contribution >= 4 is 0 Å². The van der Waals surface area contributed by atoms with Crippen LogP contribution in [0.1, 0.15) is 38.8 Å². The second kappa shape index (κ2) is 5.85. The average Bonchev–Trinajstić information content (AvgIpc) is 2.91. The zero-order valence-electron chi connectivity index (χ0n) is 11.7. The highest BCUT2D eigenvalue weighted by atomic mass is 16.5. The molecule has 2 N–H and O–H groups in total. The molecule has 3 unspecified atom stereocenters. The van der Waals surface area contributed by atoms with Crippen LogP contribution in [0.3, 0.4) is 0 Å². The second-order valence-corrected chi connectivity index (χ2v) is 5.68. The molecule has 2 rings (SSSR count). The highest BCUT2D eigenvalue weighted by Gasteiger charge is 2.26. The van der Waals surface area contributed by atoms with Gasteiger partial charge in [0.05, 0.1) is 12.4 Å². The van der Waals surface area contributed by atoms with E-state index in [-0.39, 0.29) is 0 Å². The minimum absolute atomic E-state index is 0.357. The summed E-state index contributed by atoms with van der Waals surface area (Å²) in [5, 5.41) is 0. The maximum atomic E-state index is 5.90. The lowest BCUT2D eigenvalue weighted by Crippen LogP contribution is -2.24. The summed E-state index contributed by atoms with van der Waals surface area (Å²) < 4.78 is 7.90. The van der Waals surface area contributed by atoms with Crippen LogP contribution in [0, 0.1) is 11.8 Å². The Labute approximate surface area is 110 Å². The van der Waals surface area contributed by atoms with E-state index in [4.69, 9.17) is 10.5 Å². The van der Waals surface area contributed by atoms with Crippen molar-refractivity contribution in [2.45, 2.75) is 45.8 Å². The molecule has 18 heavy (non-hydrogen) atoms. The summed E-state index contributed by atoms with van der Waals surface area (Å²) in [4.78, 5) is 4.31. The van der Waals surface area contributed by atoms with Gasteiger partial charge < -0.3 is 15.0 Å². The molecular weight excluding hydrogens is 226 g/mol. The first-order chi connectivity index (χ1) is 8.63. The monoisotopic (exact) mass is 251 g/mol. The van der Waals surface area contributed by atoms with Gasteiger partial charge in [0.1, 0.15) is 0 Å². The van der Waals surface area contributed by atoms with Crippen LogP contribution in [-0.4, -0.2) is 28.8 Å². The molecule has 1 aliphatic heterocycles. The first kappa shape index (κ1) is 13.6. The van der Waals surface area contributed by atoms with Crippen LogP contribution >= 0.6 is 0 Å². The molecule has 1 fully saturated rings. The van der Waals surface area contributed by atoms with E-state index in [0.717, 1.165) is 19.6 Å². The standard InChI is InChI=1S/C14H25N3O/c1-10(2)13(6-15)14-7-16-9-17(14)8-12-4-5-18-11(12)3/h7,9-13H,4-6,8,15H2,1-3H3. The van der Waals surface area contributed by atoms with E-state index < -0.39 is 0 Å². The van der Waals surface area contributed by atoms with Gasteiger partial charge in [0, 0.05) is 43.4 Å². The first-order valence-electron chi connectivity index (χ1n) is 6.95. The molecule has 1 aliphatic rings. The predicted molar refractivity (Wildman–Crippen MR) is 72.4 cm³/mol. The van der Waals surface area contributed by atoms with Crippen LogP contribution in [0.4, 0.5) is 0 Å². The Hall–Kier alpha value is -0.870. The van der Waals surface area contributed by atoms with Crippen LogP contribution in [0.15, 0.2) is 12.5 Å². The van der Waals surface area contributed by atoms with Crippen molar-refractivity contribution in [3.8, 4) is 0 Å². The first-order valence-corrected chi connectivity index (χ1v) is 6.95. The normalized spacial score (nSPS) is 25.8. The van der Waals surface area contributed by atoms with Gasteiger partial charge >= 0.3 is 0 Å². The predicted octanol–water partition coefficient (Wildman–Crippen LogP) is 2.01. The van der Waals surface area contributed by atoms with Crippen molar-refractivity contribution in [3.63, 3.8) is 0 Å². The summed E-state index contributed by atoms with van der Waals surface area (Å²) in [5.41, 5.74) is 7.17. The number of nitrogens with zero attached hydrogens (tertiary/aromatic N) is 2. The lowest BCUT2D eigenvalue weighted by molar-refractivity contribution is 0.101. The van der Waals surface area contributed by atoms with Crippen LogP contribution in [0.25, 0.3) is 0 Å². The van der Waals surface area contributed by atoms with Gasteiger partial charge in [-0.25, -0.2) is 4.98 Å². The second-order valence-electron chi connectivity index (χ2n) is 5.68. The third-order valence-corrected chi connectivity index (χ3v) is 4.15. The fourth-order valence-electron chi connectivity index (χ4n) is 2.80. The van der Waals surface area contributed by atoms with Crippen LogP contribution in [0.5, 0.6) is 0 Å². The lowest BCUT2D eigenvalue weighted by atomic mass is 9.92. The molecule has 1 aromatic heterocycles. The largest absolute Gasteiger partial charge is 0.378 e. The number of hydrogen-bond donors (Lipinski definition) is 1. The van der Waals surface area contributed by atoms with Crippen molar-refractivity contribution < 1.29 is 4.74 Å². The highest BCUT2D eigenvalue weighted by Crippen LogP contribution is 2.27. The van der Waals surface area contributed by atoms with Crippen molar-refractivity contribution in [2.24, 2.45) is 17.6 Å². The molecule has 102 valence electrons. The van der Waals surface area contributed by atoms with E-state index in [0.29, 0.717) is 30.4 Å². The molecule has 4 nitrogen and oxygen atoms in total. The molecule has 2 heterocycles. The Kier molecular flexibility index (Phi) is 4.40. The third kappa shape index (κ3) is 2.75. The van der Waals surface area contributed by atoms with Gasteiger partial charge in [-0.15, -0.1) is 0 Å². The zero-order valence-corrected chi connectivity index (χ0v) is 11.7. The van der Waals surface area contributed by atoms with Crippen LogP contribution < -0.4 is 5.73 Å². The van der Waals surface area contributed by atoms with E-state index in [9.17, 15) is 0 Å². The van der Waals surface area contributed by atoms with Gasteiger partial charge in [-0.3, -0.25) is 0 Å². The molecule has 0 aromatic carbocycles. The van der Waals surface area contributed by atoms with Gasteiger partial charge in [0.2, 0.25) is 0 Å². The number of nitrogens with two attached hydrogens (primary N) is 1. The molecule has 3 atom stereocenters. The van der Waals surface area contributed by atoms with Crippen molar-refractivity contribution in [3.05, 3.63) is 18.2 Å². The topological polar surface area (TPSA) is 53.1 Å². The van der Waals surface area contributed by atoms with Crippen molar-refractivity contribution in [1.29, 1.82) is 0 Å². The summed E-state index contributed by atoms with van der Waals surface area (Å²) in [6.07, 6.45) is 5.41. The van der Waals surface area contributed by atoms with Gasteiger partial charge in [0.15, 0.2) is 0 Å². The molecule has 1 aromatic rings. The maximum absolute atomic E-state index is 5.90. The Morgan fingerprint density at radius 1 is 1.56 bits per heavy atom. The number of ether oxygens (including phenoxy) is 1. The minimum Gasteiger partial charge on any atom is -0.378 e. The summed E-state index contributed by atoms with van der Waals surface area (Å²) in [7, 11) is 0. The molecule has 0 spiro atoms. The van der Waals surface area contributed by atoms with Crippen molar-refractivity contribution in [1.82, 2.24) is 9.55 Å². The van der Waals surface area contributed by atoms with Gasteiger partial charge in [-0.1, -0.05) is 13.8 Å². The van der Waals surface area contributed by atoms with Crippen LogP contribution in [0.2, 0.25) is 0 Å². The fraction of sp³-hybridized carbons (Fsp3) is 0.786. The number of imidazole rings is 1. The lowest BCUT2D eigenvalue weighted by Gasteiger charge is -2.23. The summed E-state index contributed by atoms with van der Waals surface area (Å²) in [5.74, 6) is 1.54. The Bertz CT molecular complexity index is 375. The zero-order chi connectivity index (χ0) is 13.1. The number of hydrogen-bond acceptors (Lipinski definition) is 3. The summed E-state index contributed by atoms with van der Waals surface area (Å²) in [6.45, 7) is 9.17. The Balaban J connectivity index is 2.11. The Morgan fingerprint density at radius 2 is 2.33 bits per heavy atom. The van der Waals surface area contributed by atoms with E-state index >= 15 is 0 Å². The van der Waals surface area contributed by atoms with Gasteiger partial charge in [0.25, 0.3) is 0 Å². The number of aromatic nitrogens is 2. The summed E-state index contributed by atoms with van der Waals surface area (Å²) in [6, 6.07) is 0. The molecule has 0 radical (unpaired) electrons. The van der Waals surface area contributed by atoms with E-state index in [2.05, 4.69) is 30.3 Å². The molecule has 1 saturated heterocycles. The van der Waals surface area contributed by atoms with Crippen molar-refractivity contribution in [2.75, 3.05) is 13.2 Å². The molecule has 0 amide bonds. The van der Waals surface area contributed by atoms with Gasteiger partial charge in [-0.2, -0.15) is 0 Å². The molecule has 0 aliphatic carbocycles. The maximum Gasteiger partial charge on any atom is 0.0948 e. The van der Waals surface area contributed by atoms with Crippen LogP contribution in [-0.2, 0) is 11.3 Å². The van der Waals surface area contributed by atoms with E-state index in [1.54, 1.807) is 0 Å². The van der Waals surface area contributed by atoms with E-state index in [1.807, 2.05) is 12.5 Å².